The normalized spacial score (nSPS) is 19.6. The number of para-hydroxylation sites is 1. The second-order valence-corrected chi connectivity index (χ2v) is 6.78. The van der Waals surface area contributed by atoms with E-state index in [4.69, 9.17) is 0 Å². The van der Waals surface area contributed by atoms with Crippen LogP contribution in [0.3, 0.4) is 0 Å². The van der Waals surface area contributed by atoms with Crippen LogP contribution in [0, 0.1) is 17.7 Å². The van der Waals surface area contributed by atoms with E-state index in [9.17, 15) is 14.0 Å². The summed E-state index contributed by atoms with van der Waals surface area (Å²) in [4.78, 5) is 26.8. The number of hydrogen-bond donors (Lipinski definition) is 1. The molecule has 26 heavy (non-hydrogen) atoms. The van der Waals surface area contributed by atoms with E-state index in [1.54, 1.807) is 24.1 Å². The van der Waals surface area contributed by atoms with Gasteiger partial charge in [0.1, 0.15) is 5.82 Å². The number of halogens is 1. The van der Waals surface area contributed by atoms with Gasteiger partial charge in [0.15, 0.2) is 0 Å². The zero-order valence-electron chi connectivity index (χ0n) is 14.8. The zero-order valence-corrected chi connectivity index (χ0v) is 14.8. The Labute approximate surface area is 153 Å². The van der Waals surface area contributed by atoms with Gasteiger partial charge >= 0.3 is 0 Å². The second-order valence-electron chi connectivity index (χ2n) is 6.78. The van der Waals surface area contributed by atoms with E-state index in [0.717, 1.165) is 5.69 Å². The van der Waals surface area contributed by atoms with Crippen molar-refractivity contribution in [2.24, 2.45) is 11.8 Å². The molecule has 0 bridgehead atoms. The van der Waals surface area contributed by atoms with Crippen LogP contribution in [-0.2, 0) is 9.59 Å². The Hall–Kier alpha value is -2.69. The predicted molar refractivity (Wildman–Crippen MR) is 100 cm³/mol. The molecule has 0 aliphatic heterocycles. The van der Waals surface area contributed by atoms with Crippen LogP contribution in [0.25, 0.3) is 0 Å². The number of anilines is 2. The van der Waals surface area contributed by atoms with Crippen molar-refractivity contribution >= 4 is 23.2 Å². The maximum absolute atomic E-state index is 12.9. The molecule has 1 aliphatic carbocycles. The van der Waals surface area contributed by atoms with Gasteiger partial charge in [-0.1, -0.05) is 18.2 Å². The van der Waals surface area contributed by atoms with Gasteiger partial charge < -0.3 is 10.2 Å². The summed E-state index contributed by atoms with van der Waals surface area (Å²) in [6, 6.07) is 15.3. The highest BCUT2D eigenvalue weighted by Gasteiger charge is 2.31. The lowest BCUT2D eigenvalue weighted by Crippen LogP contribution is -2.36. The summed E-state index contributed by atoms with van der Waals surface area (Å²) in [5.74, 6) is -0.432. The van der Waals surface area contributed by atoms with Crippen molar-refractivity contribution in [2.75, 3.05) is 17.3 Å². The summed E-state index contributed by atoms with van der Waals surface area (Å²) in [5, 5.41) is 2.83. The molecule has 0 radical (unpaired) electrons. The third-order valence-corrected chi connectivity index (χ3v) is 5.03. The molecular formula is C21H23FN2O2. The van der Waals surface area contributed by atoms with Crippen molar-refractivity contribution in [2.45, 2.75) is 25.7 Å². The quantitative estimate of drug-likeness (QED) is 0.893. The van der Waals surface area contributed by atoms with Gasteiger partial charge in [0.25, 0.3) is 0 Å². The van der Waals surface area contributed by atoms with E-state index < -0.39 is 0 Å². The lowest BCUT2D eigenvalue weighted by atomic mass is 9.81. The van der Waals surface area contributed by atoms with Gasteiger partial charge in [-0.3, -0.25) is 9.59 Å². The van der Waals surface area contributed by atoms with Gasteiger partial charge in [0.2, 0.25) is 11.8 Å². The van der Waals surface area contributed by atoms with Gasteiger partial charge in [-0.2, -0.15) is 0 Å². The van der Waals surface area contributed by atoms with Gasteiger partial charge in [0.05, 0.1) is 0 Å². The minimum atomic E-state index is -0.329. The lowest BCUT2D eigenvalue weighted by Gasteiger charge is -2.30. The molecule has 0 aromatic heterocycles. The summed E-state index contributed by atoms with van der Waals surface area (Å²) < 4.78 is 12.9. The summed E-state index contributed by atoms with van der Waals surface area (Å²) in [7, 11) is 1.80. The molecule has 2 aromatic rings. The minimum Gasteiger partial charge on any atom is -0.326 e. The molecule has 1 saturated carbocycles. The minimum absolute atomic E-state index is 0.0462. The Morgan fingerprint density at radius 2 is 1.50 bits per heavy atom. The average molecular weight is 354 g/mol. The largest absolute Gasteiger partial charge is 0.326 e. The van der Waals surface area contributed by atoms with Crippen molar-refractivity contribution in [3.8, 4) is 0 Å². The molecule has 3 rings (SSSR count). The summed E-state index contributed by atoms with van der Waals surface area (Å²) in [5.41, 5.74) is 1.48. The average Bonchev–Trinajstić information content (AvgIpc) is 2.69. The molecule has 2 amide bonds. The van der Waals surface area contributed by atoms with Gasteiger partial charge in [-0.25, -0.2) is 4.39 Å². The van der Waals surface area contributed by atoms with Crippen molar-refractivity contribution in [3.05, 3.63) is 60.4 Å². The van der Waals surface area contributed by atoms with Crippen molar-refractivity contribution in [3.63, 3.8) is 0 Å². The Morgan fingerprint density at radius 3 is 2.12 bits per heavy atom. The number of hydrogen-bond acceptors (Lipinski definition) is 2. The van der Waals surface area contributed by atoms with Crippen LogP contribution in [0.2, 0.25) is 0 Å². The number of nitrogens with one attached hydrogen (secondary N) is 1. The molecule has 0 heterocycles. The Balaban J connectivity index is 1.52. The third-order valence-electron chi connectivity index (χ3n) is 5.03. The van der Waals surface area contributed by atoms with E-state index in [-0.39, 0.29) is 29.5 Å². The van der Waals surface area contributed by atoms with Crippen molar-refractivity contribution in [1.82, 2.24) is 0 Å². The fourth-order valence-electron chi connectivity index (χ4n) is 3.43. The fraction of sp³-hybridized carbons (Fsp3) is 0.333. The molecular weight excluding hydrogens is 331 g/mol. The fourth-order valence-corrected chi connectivity index (χ4v) is 3.43. The molecule has 136 valence electrons. The van der Waals surface area contributed by atoms with Gasteiger partial charge in [0, 0.05) is 30.3 Å². The van der Waals surface area contributed by atoms with Gasteiger partial charge in [-0.05, 0) is 62.1 Å². The number of rotatable bonds is 4. The molecule has 0 spiro atoms. The summed E-state index contributed by atoms with van der Waals surface area (Å²) >= 11 is 0. The number of carbonyl (C=O) groups is 2. The number of benzene rings is 2. The highest BCUT2D eigenvalue weighted by Crippen LogP contribution is 2.31. The lowest BCUT2D eigenvalue weighted by molar-refractivity contribution is -0.126. The molecule has 1 aliphatic rings. The van der Waals surface area contributed by atoms with Crippen LogP contribution >= 0.6 is 0 Å². The molecule has 0 saturated heterocycles. The molecule has 1 fully saturated rings. The Bertz CT molecular complexity index is 753. The predicted octanol–water partition coefficient (Wildman–Crippen LogP) is 4.23. The first-order valence-corrected chi connectivity index (χ1v) is 8.93. The molecule has 4 nitrogen and oxygen atoms in total. The maximum atomic E-state index is 12.9. The second kappa shape index (κ2) is 8.13. The summed E-state index contributed by atoms with van der Waals surface area (Å²) in [6.45, 7) is 0. The molecule has 5 heteroatoms. The van der Waals surface area contributed by atoms with Gasteiger partial charge in [-0.15, -0.1) is 0 Å². The molecule has 2 aromatic carbocycles. The van der Waals surface area contributed by atoms with Crippen LogP contribution < -0.4 is 10.2 Å². The van der Waals surface area contributed by atoms with E-state index >= 15 is 0 Å². The first-order valence-electron chi connectivity index (χ1n) is 8.93. The van der Waals surface area contributed by atoms with Crippen LogP contribution in [0.5, 0.6) is 0 Å². The van der Waals surface area contributed by atoms with Crippen molar-refractivity contribution in [1.29, 1.82) is 0 Å². The molecule has 0 unspecified atom stereocenters. The standard InChI is InChI=1S/C21H23FN2O2/c1-24(19-5-3-2-4-6-19)21(26)16-9-7-15(8-10-16)20(25)23-18-13-11-17(22)12-14-18/h2-6,11-16H,7-10H2,1H3,(H,23,25). The van der Waals surface area contributed by atoms with Crippen LogP contribution in [-0.4, -0.2) is 18.9 Å². The van der Waals surface area contributed by atoms with Crippen molar-refractivity contribution < 1.29 is 14.0 Å². The maximum Gasteiger partial charge on any atom is 0.229 e. The van der Waals surface area contributed by atoms with E-state index in [1.165, 1.54) is 12.1 Å². The number of nitrogens with zero attached hydrogens (tertiary/aromatic N) is 1. The number of carbonyl (C=O) groups excluding carboxylic acids is 2. The van der Waals surface area contributed by atoms with E-state index in [1.807, 2.05) is 30.3 Å². The van der Waals surface area contributed by atoms with Crippen LogP contribution in [0.4, 0.5) is 15.8 Å². The van der Waals surface area contributed by atoms with Crippen LogP contribution in [0.1, 0.15) is 25.7 Å². The Kier molecular flexibility index (Phi) is 5.66. The number of amides is 2. The molecule has 1 N–H and O–H groups in total. The smallest absolute Gasteiger partial charge is 0.229 e. The third kappa shape index (κ3) is 4.28. The Morgan fingerprint density at radius 1 is 0.923 bits per heavy atom. The van der Waals surface area contributed by atoms with E-state index in [2.05, 4.69) is 5.32 Å². The van der Waals surface area contributed by atoms with Crippen LogP contribution in [0.15, 0.2) is 54.6 Å². The monoisotopic (exact) mass is 354 g/mol. The van der Waals surface area contributed by atoms with E-state index in [0.29, 0.717) is 31.4 Å². The highest BCUT2D eigenvalue weighted by molar-refractivity contribution is 5.95. The molecule has 0 atom stereocenters. The SMILES string of the molecule is CN(C(=O)C1CCC(C(=O)Nc2ccc(F)cc2)CC1)c1ccccc1. The first kappa shape index (κ1) is 18.1. The first-order chi connectivity index (χ1) is 12.5. The zero-order chi connectivity index (χ0) is 18.5. The topological polar surface area (TPSA) is 49.4 Å². The highest BCUT2D eigenvalue weighted by atomic mass is 19.1. The summed E-state index contributed by atoms with van der Waals surface area (Å²) in [6.07, 6.45) is 2.78.